The summed E-state index contributed by atoms with van der Waals surface area (Å²) < 4.78 is 5.59. The van der Waals surface area contributed by atoms with Gasteiger partial charge in [0.2, 0.25) is 5.91 Å². The third-order valence-electron chi connectivity index (χ3n) is 6.03. The van der Waals surface area contributed by atoms with E-state index in [-0.39, 0.29) is 19.7 Å². The van der Waals surface area contributed by atoms with Gasteiger partial charge in [-0.3, -0.25) is 19.2 Å². The molecule has 1 saturated carbocycles. The van der Waals surface area contributed by atoms with E-state index in [1.54, 1.807) is 36.4 Å². The minimum absolute atomic E-state index is 0.0787. The first-order valence-corrected chi connectivity index (χ1v) is 11.1. The molecule has 3 N–H and O–H groups in total. The number of benzene rings is 2. The Labute approximate surface area is 202 Å². The molecule has 9 heteroatoms. The van der Waals surface area contributed by atoms with Crippen molar-refractivity contribution in [1.82, 2.24) is 4.90 Å². The molecule has 0 unspecified atom stereocenters. The molecule has 9 nitrogen and oxygen atoms in total. The molecular weight excluding hydrogens is 454 g/mol. The van der Waals surface area contributed by atoms with E-state index in [0.717, 1.165) is 11.1 Å². The minimum Gasteiger partial charge on any atom is -0.481 e. The molecule has 0 bridgehead atoms. The molecule has 3 rings (SSSR count). The van der Waals surface area contributed by atoms with Crippen LogP contribution < -0.4 is 0 Å². The van der Waals surface area contributed by atoms with E-state index in [0.29, 0.717) is 6.61 Å². The zero-order chi connectivity index (χ0) is 25.4. The van der Waals surface area contributed by atoms with Gasteiger partial charge >= 0.3 is 17.9 Å². The number of ether oxygens (including phenoxy) is 1. The van der Waals surface area contributed by atoms with E-state index < -0.39 is 47.5 Å². The molecule has 184 valence electrons. The summed E-state index contributed by atoms with van der Waals surface area (Å²) in [5.41, 5.74) is 1.78. The molecule has 1 fully saturated rings. The summed E-state index contributed by atoms with van der Waals surface area (Å²) in [4.78, 5) is 49.8. The summed E-state index contributed by atoms with van der Waals surface area (Å²) in [6.07, 6.45) is 3.41. The molecule has 1 aliphatic carbocycles. The van der Waals surface area contributed by atoms with Crippen molar-refractivity contribution in [3.8, 4) is 0 Å². The fourth-order valence-electron chi connectivity index (χ4n) is 4.31. The van der Waals surface area contributed by atoms with Gasteiger partial charge in [0.15, 0.2) is 0 Å². The van der Waals surface area contributed by atoms with Gasteiger partial charge in [-0.15, -0.1) is 0 Å². The van der Waals surface area contributed by atoms with Crippen molar-refractivity contribution in [3.05, 3.63) is 83.9 Å². The number of nitrogens with zero attached hydrogens (tertiary/aromatic N) is 1. The summed E-state index contributed by atoms with van der Waals surface area (Å²) in [5, 5.41) is 28.5. The van der Waals surface area contributed by atoms with E-state index in [4.69, 9.17) is 4.74 Å². The van der Waals surface area contributed by atoms with Crippen LogP contribution in [0.3, 0.4) is 0 Å². The molecule has 1 aliphatic rings. The minimum atomic E-state index is -1.67. The fraction of sp³-hybridized carbons (Fsp3) is 0.308. The summed E-state index contributed by atoms with van der Waals surface area (Å²) >= 11 is 0. The molecule has 0 aromatic heterocycles. The molecule has 0 aliphatic heterocycles. The zero-order valence-corrected chi connectivity index (χ0v) is 18.9. The zero-order valence-electron chi connectivity index (χ0n) is 18.9. The van der Waals surface area contributed by atoms with Gasteiger partial charge in [-0.1, -0.05) is 72.8 Å². The summed E-state index contributed by atoms with van der Waals surface area (Å²) in [6, 6.07) is 18.6. The largest absolute Gasteiger partial charge is 0.481 e. The number of rotatable bonds is 12. The Kier molecular flexibility index (Phi) is 8.74. The van der Waals surface area contributed by atoms with Crippen molar-refractivity contribution in [3.63, 3.8) is 0 Å². The second-order valence-electron chi connectivity index (χ2n) is 8.29. The molecule has 35 heavy (non-hydrogen) atoms. The molecule has 0 radical (unpaired) electrons. The highest BCUT2D eigenvalue weighted by Gasteiger charge is 2.64. The predicted molar refractivity (Wildman–Crippen MR) is 124 cm³/mol. The van der Waals surface area contributed by atoms with Gasteiger partial charge in [0.1, 0.15) is 0 Å². The number of carbonyl (C=O) groups excluding carboxylic acids is 1. The maximum atomic E-state index is 13.4. The van der Waals surface area contributed by atoms with Crippen LogP contribution in [0.2, 0.25) is 0 Å². The highest BCUT2D eigenvalue weighted by molar-refractivity contribution is 5.98. The molecule has 0 saturated heterocycles. The van der Waals surface area contributed by atoms with E-state index in [1.165, 1.54) is 4.90 Å². The molecule has 2 aromatic carbocycles. The van der Waals surface area contributed by atoms with Gasteiger partial charge in [0.25, 0.3) is 0 Å². The van der Waals surface area contributed by atoms with Crippen LogP contribution in [0, 0.1) is 23.7 Å². The Morgan fingerprint density at radius 1 is 0.714 bits per heavy atom. The number of amides is 1. The van der Waals surface area contributed by atoms with Crippen molar-refractivity contribution in [1.29, 1.82) is 0 Å². The number of carbonyl (C=O) groups is 4. The van der Waals surface area contributed by atoms with Crippen molar-refractivity contribution in [2.75, 3.05) is 13.2 Å². The van der Waals surface area contributed by atoms with Crippen LogP contribution in [0.1, 0.15) is 11.1 Å². The summed E-state index contributed by atoms with van der Waals surface area (Å²) in [7, 11) is 0. The SMILES string of the molecule is O=C(O)[C@@H]1[C@H](C(=O)O)[C@@H](C(=O)O)[C@H]1C(=O)N(C/C=C\COCc1ccccc1)Cc1ccccc1. The quantitative estimate of drug-likeness (QED) is 0.310. The van der Waals surface area contributed by atoms with Crippen LogP contribution in [-0.2, 0) is 37.1 Å². The second kappa shape index (κ2) is 11.9. The Morgan fingerprint density at radius 2 is 1.20 bits per heavy atom. The lowest BCUT2D eigenvalue weighted by Gasteiger charge is -2.45. The highest BCUT2D eigenvalue weighted by Crippen LogP contribution is 2.48. The third kappa shape index (κ3) is 6.33. The van der Waals surface area contributed by atoms with E-state index in [1.807, 2.05) is 36.4 Å². The normalized spacial score (nSPS) is 21.3. The topological polar surface area (TPSA) is 141 Å². The molecule has 0 spiro atoms. The van der Waals surface area contributed by atoms with Gasteiger partial charge in [-0.2, -0.15) is 0 Å². The number of aliphatic carboxylic acids is 3. The maximum absolute atomic E-state index is 13.4. The Bertz CT molecular complexity index is 1050. The molecule has 0 heterocycles. The number of hydrogen-bond donors (Lipinski definition) is 3. The van der Waals surface area contributed by atoms with Crippen molar-refractivity contribution >= 4 is 23.8 Å². The number of carboxylic acid groups (broad SMARTS) is 3. The van der Waals surface area contributed by atoms with Gasteiger partial charge in [-0.05, 0) is 11.1 Å². The Hall–Kier alpha value is -3.98. The fourth-order valence-corrected chi connectivity index (χ4v) is 4.31. The Morgan fingerprint density at radius 3 is 1.71 bits per heavy atom. The van der Waals surface area contributed by atoms with Crippen molar-refractivity contribution in [2.45, 2.75) is 13.2 Å². The van der Waals surface area contributed by atoms with Crippen LogP contribution in [0.25, 0.3) is 0 Å². The lowest BCUT2D eigenvalue weighted by molar-refractivity contribution is -0.189. The molecule has 1 amide bonds. The van der Waals surface area contributed by atoms with Gasteiger partial charge < -0.3 is 25.0 Å². The van der Waals surface area contributed by atoms with Crippen LogP contribution in [0.4, 0.5) is 0 Å². The molecular formula is C26H27NO8. The monoisotopic (exact) mass is 481 g/mol. The molecule has 2 aromatic rings. The van der Waals surface area contributed by atoms with E-state index in [2.05, 4.69) is 0 Å². The first-order chi connectivity index (χ1) is 16.8. The lowest BCUT2D eigenvalue weighted by Crippen LogP contribution is -2.62. The van der Waals surface area contributed by atoms with Gasteiger partial charge in [0, 0.05) is 13.1 Å². The van der Waals surface area contributed by atoms with Gasteiger partial charge in [-0.25, -0.2) is 0 Å². The van der Waals surface area contributed by atoms with Crippen LogP contribution >= 0.6 is 0 Å². The summed E-state index contributed by atoms with van der Waals surface area (Å²) in [6.45, 7) is 0.885. The third-order valence-corrected chi connectivity index (χ3v) is 6.03. The smallest absolute Gasteiger partial charge is 0.308 e. The first-order valence-electron chi connectivity index (χ1n) is 11.1. The molecule has 2 atom stereocenters. The standard InChI is InChI=1S/C26H27NO8/c28-23(19-20(24(29)30)22(26(33)34)21(19)25(31)32)27(15-17-9-3-1-4-10-17)13-7-8-14-35-16-18-11-5-2-6-12-18/h1-12,19-22H,13-16H2,(H,29,30)(H,31,32)(H,33,34)/b8-7-/t19-,20-,21-,22-/m0/s1. The average Bonchev–Trinajstić information content (AvgIpc) is 2.80. The van der Waals surface area contributed by atoms with E-state index in [9.17, 15) is 34.5 Å². The first kappa shape index (κ1) is 25.6. The van der Waals surface area contributed by atoms with Crippen molar-refractivity contribution in [2.24, 2.45) is 23.7 Å². The van der Waals surface area contributed by atoms with Gasteiger partial charge in [0.05, 0.1) is 36.9 Å². The lowest BCUT2D eigenvalue weighted by atomic mass is 9.56. The Balaban J connectivity index is 1.72. The predicted octanol–water partition coefficient (Wildman–Crippen LogP) is 2.52. The van der Waals surface area contributed by atoms with Crippen molar-refractivity contribution < 1.29 is 39.2 Å². The van der Waals surface area contributed by atoms with E-state index >= 15 is 0 Å². The highest BCUT2D eigenvalue weighted by atomic mass is 16.5. The summed E-state index contributed by atoms with van der Waals surface area (Å²) in [5.74, 6) is -11.6. The second-order valence-corrected chi connectivity index (χ2v) is 8.29. The number of hydrogen-bond acceptors (Lipinski definition) is 5. The average molecular weight is 482 g/mol. The maximum Gasteiger partial charge on any atom is 0.308 e. The van der Waals surface area contributed by atoms with Crippen LogP contribution in [-0.4, -0.2) is 57.2 Å². The number of carboxylic acids is 3. The van der Waals surface area contributed by atoms with Crippen LogP contribution in [0.5, 0.6) is 0 Å². The van der Waals surface area contributed by atoms with Crippen LogP contribution in [0.15, 0.2) is 72.8 Å².